The van der Waals surface area contributed by atoms with Crippen LogP contribution < -0.4 is 5.32 Å². The quantitative estimate of drug-likeness (QED) is 0.863. The maximum absolute atomic E-state index is 11.6. The fraction of sp³-hybridized carbons (Fsp3) is 0.333. The van der Waals surface area contributed by atoms with Crippen LogP contribution in [-0.4, -0.2) is 29.4 Å². The van der Waals surface area contributed by atoms with Crippen molar-refractivity contribution in [2.45, 2.75) is 19.9 Å². The molecule has 0 saturated carbocycles. The van der Waals surface area contributed by atoms with E-state index in [-0.39, 0.29) is 12.0 Å². The smallest absolute Gasteiger partial charge is 0.341 e. The van der Waals surface area contributed by atoms with Gasteiger partial charge in [0.1, 0.15) is 0 Å². The summed E-state index contributed by atoms with van der Waals surface area (Å²) in [4.78, 5) is 11.6. The summed E-state index contributed by atoms with van der Waals surface area (Å²) < 4.78 is 6.54. The first kappa shape index (κ1) is 15.5. The highest BCUT2D eigenvalue weighted by Crippen LogP contribution is 2.25. The van der Waals surface area contributed by atoms with Crippen LogP contribution in [0.3, 0.4) is 0 Å². The lowest BCUT2D eigenvalue weighted by atomic mass is 10.1. The van der Waals surface area contributed by atoms with E-state index in [9.17, 15) is 4.79 Å². The van der Waals surface area contributed by atoms with Gasteiger partial charge in [0.05, 0.1) is 24.1 Å². The molecule has 1 heterocycles. The number of aromatic nitrogens is 2. The zero-order valence-corrected chi connectivity index (χ0v) is 13.0. The van der Waals surface area contributed by atoms with Crippen molar-refractivity contribution in [1.82, 2.24) is 15.1 Å². The van der Waals surface area contributed by atoms with Crippen LogP contribution in [0.1, 0.15) is 35.8 Å². The molecule has 112 valence electrons. The van der Waals surface area contributed by atoms with Gasteiger partial charge in [-0.2, -0.15) is 5.10 Å². The van der Waals surface area contributed by atoms with Crippen molar-refractivity contribution >= 4 is 17.6 Å². The number of ether oxygens (including phenoxy) is 1. The largest absolute Gasteiger partial charge is 0.462 e. The van der Waals surface area contributed by atoms with Crippen LogP contribution in [0.25, 0.3) is 5.69 Å². The third kappa shape index (κ3) is 3.43. The number of carbonyl (C=O) groups is 1. The minimum Gasteiger partial charge on any atom is -0.462 e. The van der Waals surface area contributed by atoms with Gasteiger partial charge in [0.2, 0.25) is 0 Å². The normalized spacial score (nSPS) is 12.2. The van der Waals surface area contributed by atoms with E-state index in [1.54, 1.807) is 17.8 Å². The molecule has 2 rings (SSSR count). The molecule has 0 spiro atoms. The van der Waals surface area contributed by atoms with Crippen LogP contribution >= 0.6 is 11.6 Å². The molecule has 6 heteroatoms. The van der Waals surface area contributed by atoms with Gasteiger partial charge < -0.3 is 10.1 Å². The summed E-state index contributed by atoms with van der Waals surface area (Å²) in [5.74, 6) is -0.379. The van der Waals surface area contributed by atoms with E-state index in [1.807, 2.05) is 32.2 Å². The van der Waals surface area contributed by atoms with Crippen LogP contribution in [-0.2, 0) is 4.74 Å². The van der Waals surface area contributed by atoms with E-state index >= 15 is 0 Å². The average Bonchev–Trinajstić information content (AvgIpc) is 2.96. The maximum atomic E-state index is 11.6. The number of benzene rings is 1. The number of rotatable bonds is 5. The predicted octanol–water partition coefficient (Wildman–Crippen LogP) is 2.98. The minimum atomic E-state index is -0.379. The van der Waals surface area contributed by atoms with E-state index in [1.165, 1.54) is 6.20 Å². The van der Waals surface area contributed by atoms with Gasteiger partial charge in [0.15, 0.2) is 0 Å². The lowest BCUT2D eigenvalue weighted by Crippen LogP contribution is -2.12. The Balaban J connectivity index is 2.27. The molecule has 1 aromatic heterocycles. The zero-order chi connectivity index (χ0) is 15.4. The molecule has 0 radical (unpaired) electrons. The summed E-state index contributed by atoms with van der Waals surface area (Å²) in [7, 11) is 1.88. The van der Waals surface area contributed by atoms with Crippen LogP contribution in [0, 0.1) is 0 Å². The van der Waals surface area contributed by atoms with Gasteiger partial charge >= 0.3 is 5.97 Å². The summed E-state index contributed by atoms with van der Waals surface area (Å²) in [5.41, 5.74) is 2.23. The Morgan fingerprint density at radius 1 is 1.52 bits per heavy atom. The molecule has 0 fully saturated rings. The first-order chi connectivity index (χ1) is 10.1. The van der Waals surface area contributed by atoms with Crippen LogP contribution in [0.15, 0.2) is 30.6 Å². The summed E-state index contributed by atoms with van der Waals surface area (Å²) in [6, 6.07) is 5.85. The molecule has 5 nitrogen and oxygen atoms in total. The first-order valence-corrected chi connectivity index (χ1v) is 7.13. The molecule has 0 saturated heterocycles. The molecule has 0 aliphatic carbocycles. The third-order valence-electron chi connectivity index (χ3n) is 3.24. The fourth-order valence-corrected chi connectivity index (χ4v) is 2.29. The van der Waals surface area contributed by atoms with E-state index < -0.39 is 0 Å². The monoisotopic (exact) mass is 307 g/mol. The number of esters is 1. The van der Waals surface area contributed by atoms with Crippen molar-refractivity contribution in [3.05, 3.63) is 46.7 Å². The van der Waals surface area contributed by atoms with Crippen LogP contribution in [0.5, 0.6) is 0 Å². The number of halogens is 1. The van der Waals surface area contributed by atoms with Crippen LogP contribution in [0.4, 0.5) is 0 Å². The SMILES string of the molecule is CCOC(=O)c1cnn(-c2ccc(C(C)NC)c(Cl)c2)c1. The highest BCUT2D eigenvalue weighted by Gasteiger charge is 2.12. The van der Waals surface area contributed by atoms with Crippen molar-refractivity contribution in [3.63, 3.8) is 0 Å². The van der Waals surface area contributed by atoms with E-state index in [2.05, 4.69) is 10.4 Å². The molecule has 1 atom stereocenters. The Labute approximate surface area is 128 Å². The summed E-state index contributed by atoms with van der Waals surface area (Å²) in [5, 5.41) is 7.97. The average molecular weight is 308 g/mol. The Morgan fingerprint density at radius 3 is 2.90 bits per heavy atom. The summed E-state index contributed by atoms with van der Waals surface area (Å²) in [6.07, 6.45) is 3.11. The molecule has 2 aromatic rings. The van der Waals surface area contributed by atoms with Crippen molar-refractivity contribution in [3.8, 4) is 5.69 Å². The minimum absolute atomic E-state index is 0.166. The second-order valence-electron chi connectivity index (χ2n) is 4.61. The highest BCUT2D eigenvalue weighted by molar-refractivity contribution is 6.31. The Kier molecular flexibility index (Phi) is 4.98. The van der Waals surface area contributed by atoms with Crippen molar-refractivity contribution in [1.29, 1.82) is 0 Å². The van der Waals surface area contributed by atoms with Gasteiger partial charge in [-0.25, -0.2) is 9.48 Å². The highest BCUT2D eigenvalue weighted by atomic mass is 35.5. The van der Waals surface area contributed by atoms with E-state index in [4.69, 9.17) is 16.3 Å². The van der Waals surface area contributed by atoms with E-state index in [0.717, 1.165) is 11.3 Å². The second kappa shape index (κ2) is 6.74. The molecule has 0 aliphatic heterocycles. The Bertz CT molecular complexity index is 640. The second-order valence-corrected chi connectivity index (χ2v) is 5.02. The molecule has 0 bridgehead atoms. The third-order valence-corrected chi connectivity index (χ3v) is 3.57. The van der Waals surface area contributed by atoms with E-state index in [0.29, 0.717) is 17.2 Å². The lowest BCUT2D eigenvalue weighted by molar-refractivity contribution is 0.0526. The molecule has 1 unspecified atom stereocenters. The summed E-state index contributed by atoms with van der Waals surface area (Å²) in [6.45, 7) is 4.14. The fourth-order valence-electron chi connectivity index (χ4n) is 1.95. The molecule has 0 aliphatic rings. The number of hydrogen-bond donors (Lipinski definition) is 1. The molecule has 1 N–H and O–H groups in total. The Morgan fingerprint density at radius 2 is 2.29 bits per heavy atom. The maximum Gasteiger partial charge on any atom is 0.341 e. The van der Waals surface area contributed by atoms with Gasteiger partial charge in [-0.3, -0.25) is 0 Å². The lowest BCUT2D eigenvalue weighted by Gasteiger charge is -2.13. The molecule has 0 amide bonds. The van der Waals surface area contributed by atoms with Gasteiger partial charge in [0, 0.05) is 17.3 Å². The molecule has 1 aromatic carbocycles. The van der Waals surface area contributed by atoms with Gasteiger partial charge in [-0.05, 0) is 38.6 Å². The van der Waals surface area contributed by atoms with Gasteiger partial charge in [-0.15, -0.1) is 0 Å². The molecule has 21 heavy (non-hydrogen) atoms. The van der Waals surface area contributed by atoms with Gasteiger partial charge in [-0.1, -0.05) is 17.7 Å². The number of nitrogens with zero attached hydrogens (tertiary/aromatic N) is 2. The molecular formula is C15H18ClN3O2. The zero-order valence-electron chi connectivity index (χ0n) is 12.3. The first-order valence-electron chi connectivity index (χ1n) is 6.75. The predicted molar refractivity (Wildman–Crippen MR) is 82.0 cm³/mol. The molecular weight excluding hydrogens is 290 g/mol. The summed E-state index contributed by atoms with van der Waals surface area (Å²) >= 11 is 6.30. The van der Waals surface area contributed by atoms with Crippen molar-refractivity contribution in [2.75, 3.05) is 13.7 Å². The Hall–Kier alpha value is -1.85. The van der Waals surface area contributed by atoms with Crippen molar-refractivity contribution in [2.24, 2.45) is 0 Å². The number of nitrogens with one attached hydrogen (secondary N) is 1. The number of hydrogen-bond acceptors (Lipinski definition) is 4. The standard InChI is InChI=1S/C15H18ClN3O2/c1-4-21-15(20)11-8-18-19(9-11)12-5-6-13(10(2)17-3)14(16)7-12/h5-10,17H,4H2,1-3H3. The van der Waals surface area contributed by atoms with Crippen molar-refractivity contribution < 1.29 is 9.53 Å². The van der Waals surface area contributed by atoms with Crippen LogP contribution in [0.2, 0.25) is 5.02 Å². The van der Waals surface area contributed by atoms with Gasteiger partial charge in [0.25, 0.3) is 0 Å². The topological polar surface area (TPSA) is 56.1 Å². The number of carbonyl (C=O) groups excluding carboxylic acids is 1.